The fourth-order valence-corrected chi connectivity index (χ4v) is 3.45. The maximum absolute atomic E-state index is 13.9. The maximum atomic E-state index is 13.9. The Morgan fingerprint density at radius 2 is 1.68 bits per heavy atom. The summed E-state index contributed by atoms with van der Waals surface area (Å²) in [6.45, 7) is 7.34. The number of H-pyrrole nitrogens is 1. The van der Waals surface area contributed by atoms with Gasteiger partial charge >= 0.3 is 6.03 Å². The van der Waals surface area contributed by atoms with Crippen LogP contribution in [0.5, 0.6) is 0 Å². The standard InChI is InChI=1S/C26H26FN5O2/c1-15-8-13-19(27)21(14-15)29-25(34)28-17-11-9-16(10-12-17)18-6-5-7-20-22(18)23(32-31-20)30-24(33)26(2,3)4/h5-14H,1-4H3,(H2,28,29,34)(H2,30,31,32,33). The van der Waals surface area contributed by atoms with Gasteiger partial charge in [-0.1, -0.05) is 51.1 Å². The highest BCUT2D eigenvalue weighted by Crippen LogP contribution is 2.34. The van der Waals surface area contributed by atoms with Crippen LogP contribution in [-0.4, -0.2) is 22.1 Å². The minimum absolute atomic E-state index is 0.116. The largest absolute Gasteiger partial charge is 0.323 e. The highest BCUT2D eigenvalue weighted by atomic mass is 19.1. The summed E-state index contributed by atoms with van der Waals surface area (Å²) in [6.07, 6.45) is 0. The second kappa shape index (κ2) is 8.97. The molecule has 8 heteroatoms. The molecule has 1 aromatic heterocycles. The van der Waals surface area contributed by atoms with Crippen LogP contribution in [0.25, 0.3) is 22.0 Å². The topological polar surface area (TPSA) is 98.9 Å². The van der Waals surface area contributed by atoms with Crippen LogP contribution in [0.2, 0.25) is 0 Å². The Balaban J connectivity index is 1.55. The van der Waals surface area contributed by atoms with E-state index in [0.717, 1.165) is 27.6 Å². The Morgan fingerprint density at radius 3 is 2.38 bits per heavy atom. The second-order valence-corrected chi connectivity index (χ2v) is 9.14. The van der Waals surface area contributed by atoms with Gasteiger partial charge in [0, 0.05) is 11.1 Å². The number of carbonyl (C=O) groups is 2. The molecule has 7 nitrogen and oxygen atoms in total. The lowest BCUT2D eigenvalue weighted by Crippen LogP contribution is -2.27. The number of aromatic amines is 1. The zero-order valence-corrected chi connectivity index (χ0v) is 19.4. The van der Waals surface area contributed by atoms with E-state index in [4.69, 9.17) is 0 Å². The summed E-state index contributed by atoms with van der Waals surface area (Å²) >= 11 is 0. The zero-order chi connectivity index (χ0) is 24.5. The number of aryl methyl sites for hydroxylation is 1. The third-order valence-corrected chi connectivity index (χ3v) is 5.33. The van der Waals surface area contributed by atoms with Gasteiger partial charge in [0.05, 0.1) is 16.6 Å². The normalized spacial score (nSPS) is 11.3. The number of urea groups is 1. The molecule has 0 saturated carbocycles. The first-order valence-corrected chi connectivity index (χ1v) is 10.8. The van der Waals surface area contributed by atoms with Crippen LogP contribution < -0.4 is 16.0 Å². The Bertz CT molecular complexity index is 1370. The highest BCUT2D eigenvalue weighted by molar-refractivity contribution is 6.07. The monoisotopic (exact) mass is 459 g/mol. The number of carbonyl (C=O) groups excluding carboxylic acids is 2. The predicted octanol–water partition coefficient (Wildman–Crippen LogP) is 6.31. The van der Waals surface area contributed by atoms with E-state index in [0.29, 0.717) is 11.5 Å². The molecule has 0 saturated heterocycles. The number of aromatic nitrogens is 2. The van der Waals surface area contributed by atoms with Gasteiger partial charge < -0.3 is 16.0 Å². The Hall–Kier alpha value is -4.20. The van der Waals surface area contributed by atoms with Crippen molar-refractivity contribution in [3.8, 4) is 11.1 Å². The molecule has 4 aromatic rings. The maximum Gasteiger partial charge on any atom is 0.323 e. The molecule has 1 heterocycles. The number of rotatable bonds is 4. The van der Waals surface area contributed by atoms with E-state index in [2.05, 4.69) is 26.1 Å². The summed E-state index contributed by atoms with van der Waals surface area (Å²) in [5.41, 5.74) is 3.51. The van der Waals surface area contributed by atoms with Crippen molar-refractivity contribution in [1.82, 2.24) is 10.2 Å². The first-order valence-electron chi connectivity index (χ1n) is 10.8. The molecule has 0 atom stereocenters. The van der Waals surface area contributed by atoms with Crippen LogP contribution in [0.3, 0.4) is 0 Å². The Kier molecular flexibility index (Phi) is 6.06. The molecule has 174 valence electrons. The fraction of sp³-hybridized carbons (Fsp3) is 0.192. The van der Waals surface area contributed by atoms with Crippen molar-refractivity contribution in [3.63, 3.8) is 0 Å². The number of benzene rings is 3. The van der Waals surface area contributed by atoms with Crippen molar-refractivity contribution in [2.45, 2.75) is 27.7 Å². The Morgan fingerprint density at radius 1 is 0.941 bits per heavy atom. The SMILES string of the molecule is Cc1ccc(F)c(NC(=O)Nc2ccc(-c3cccc4[nH]nc(NC(=O)C(C)(C)C)c34)cc2)c1. The number of nitrogens with one attached hydrogen (secondary N) is 4. The van der Waals surface area contributed by atoms with Gasteiger partial charge in [0.25, 0.3) is 0 Å². The van der Waals surface area contributed by atoms with Crippen molar-refractivity contribution in [2.75, 3.05) is 16.0 Å². The van der Waals surface area contributed by atoms with Gasteiger partial charge in [0.1, 0.15) is 5.82 Å². The molecular weight excluding hydrogens is 433 g/mol. The summed E-state index contributed by atoms with van der Waals surface area (Å²) in [5, 5.41) is 16.2. The van der Waals surface area contributed by atoms with Gasteiger partial charge in [-0.25, -0.2) is 9.18 Å². The van der Waals surface area contributed by atoms with E-state index in [1.54, 1.807) is 24.3 Å². The van der Waals surface area contributed by atoms with Crippen LogP contribution in [0, 0.1) is 18.2 Å². The second-order valence-electron chi connectivity index (χ2n) is 9.14. The van der Waals surface area contributed by atoms with Gasteiger partial charge in [0.2, 0.25) is 5.91 Å². The quantitative estimate of drug-likeness (QED) is 0.288. The van der Waals surface area contributed by atoms with E-state index in [9.17, 15) is 14.0 Å². The molecule has 0 radical (unpaired) electrons. The highest BCUT2D eigenvalue weighted by Gasteiger charge is 2.23. The van der Waals surface area contributed by atoms with Gasteiger partial charge in [-0.05, 0) is 53.9 Å². The van der Waals surface area contributed by atoms with Crippen LogP contribution in [-0.2, 0) is 4.79 Å². The molecule has 0 aliphatic carbocycles. The molecular formula is C26H26FN5O2. The van der Waals surface area contributed by atoms with Crippen LogP contribution in [0.1, 0.15) is 26.3 Å². The molecule has 34 heavy (non-hydrogen) atoms. The first-order chi connectivity index (χ1) is 16.1. The summed E-state index contributed by atoms with van der Waals surface area (Å²) in [7, 11) is 0. The molecule has 0 spiro atoms. The van der Waals surface area contributed by atoms with Crippen molar-refractivity contribution < 1.29 is 14.0 Å². The summed E-state index contributed by atoms with van der Waals surface area (Å²) in [5.74, 6) is -0.169. The van der Waals surface area contributed by atoms with Crippen LogP contribution >= 0.6 is 0 Å². The predicted molar refractivity (Wildman–Crippen MR) is 133 cm³/mol. The first kappa shape index (κ1) is 23.0. The van der Waals surface area contributed by atoms with Gasteiger partial charge in [-0.3, -0.25) is 9.89 Å². The van der Waals surface area contributed by atoms with E-state index in [1.807, 2.05) is 58.0 Å². The van der Waals surface area contributed by atoms with Crippen LogP contribution in [0.4, 0.5) is 26.4 Å². The molecule has 4 N–H and O–H groups in total. The average Bonchev–Trinajstić information content (AvgIpc) is 3.19. The lowest BCUT2D eigenvalue weighted by molar-refractivity contribution is -0.123. The lowest BCUT2D eigenvalue weighted by atomic mass is 9.95. The number of anilines is 3. The Labute approximate surface area is 196 Å². The summed E-state index contributed by atoms with van der Waals surface area (Å²) in [4.78, 5) is 24.8. The molecule has 0 bridgehead atoms. The van der Waals surface area contributed by atoms with E-state index < -0.39 is 17.3 Å². The minimum atomic E-state index is -0.560. The van der Waals surface area contributed by atoms with Crippen molar-refractivity contribution in [3.05, 3.63) is 72.0 Å². The number of nitrogens with zero attached hydrogens (tertiary/aromatic N) is 1. The van der Waals surface area contributed by atoms with Gasteiger partial charge in [-0.15, -0.1) is 0 Å². The molecule has 0 fully saturated rings. The van der Waals surface area contributed by atoms with Gasteiger partial charge in [-0.2, -0.15) is 5.10 Å². The van der Waals surface area contributed by atoms with Crippen molar-refractivity contribution >= 4 is 40.0 Å². The van der Waals surface area contributed by atoms with E-state index in [1.165, 1.54) is 6.07 Å². The smallest absolute Gasteiger partial charge is 0.308 e. The molecule has 0 aliphatic rings. The third-order valence-electron chi connectivity index (χ3n) is 5.33. The zero-order valence-electron chi connectivity index (χ0n) is 19.4. The third kappa shape index (κ3) is 4.91. The molecule has 0 aliphatic heterocycles. The molecule has 3 aromatic carbocycles. The average molecular weight is 460 g/mol. The van der Waals surface area contributed by atoms with Gasteiger partial charge in [0.15, 0.2) is 5.82 Å². The number of fused-ring (bicyclic) bond motifs is 1. The molecule has 4 rings (SSSR count). The van der Waals surface area contributed by atoms with Crippen molar-refractivity contribution in [1.29, 1.82) is 0 Å². The number of halogens is 1. The summed E-state index contributed by atoms with van der Waals surface area (Å²) in [6, 6.07) is 17.0. The van der Waals surface area contributed by atoms with Crippen molar-refractivity contribution in [2.24, 2.45) is 5.41 Å². The van der Waals surface area contributed by atoms with E-state index >= 15 is 0 Å². The number of hydrogen-bond donors (Lipinski definition) is 4. The minimum Gasteiger partial charge on any atom is -0.308 e. The number of hydrogen-bond acceptors (Lipinski definition) is 3. The lowest BCUT2D eigenvalue weighted by Gasteiger charge is -2.17. The molecule has 3 amide bonds. The summed E-state index contributed by atoms with van der Waals surface area (Å²) < 4.78 is 13.9. The fourth-order valence-electron chi connectivity index (χ4n) is 3.45. The molecule has 0 unspecified atom stereocenters. The van der Waals surface area contributed by atoms with Crippen LogP contribution in [0.15, 0.2) is 60.7 Å². The van der Waals surface area contributed by atoms with E-state index in [-0.39, 0.29) is 11.6 Å². The number of amides is 3.